The van der Waals surface area contributed by atoms with Crippen LogP contribution in [0.2, 0.25) is 0 Å². The quantitative estimate of drug-likeness (QED) is 0.617. The van der Waals surface area contributed by atoms with Gasteiger partial charge in [-0.3, -0.25) is 0 Å². The van der Waals surface area contributed by atoms with Crippen molar-refractivity contribution in [1.29, 1.82) is 0 Å². The molecule has 2 rings (SSSR count). The molecule has 2 aromatic rings. The Morgan fingerprint density at radius 1 is 0.840 bits per heavy atom. The molecule has 2 nitrogen and oxygen atoms in total. The molecule has 0 aliphatic heterocycles. The van der Waals surface area contributed by atoms with Gasteiger partial charge in [-0.1, -0.05) is 77.9 Å². The van der Waals surface area contributed by atoms with Gasteiger partial charge in [-0.25, -0.2) is 4.99 Å². The van der Waals surface area contributed by atoms with Crippen LogP contribution in [0.25, 0.3) is 0 Å². The Morgan fingerprint density at radius 2 is 1.36 bits per heavy atom. The standard InChI is InChI=1S/C21H26N2.C2H6/c1-15(2)18-11-8-12-19(16(3)4)21(18)20(13-14-22)23-17-9-6-5-7-10-17;1-2/h5-16H,22H2,1-4H3;1-2H3/b14-13-,23-20?;. The number of nitrogens with two attached hydrogens (primary N) is 1. The lowest BCUT2D eigenvalue weighted by Gasteiger charge is -2.20. The highest BCUT2D eigenvalue weighted by Gasteiger charge is 2.17. The van der Waals surface area contributed by atoms with Crippen molar-refractivity contribution in [3.05, 3.63) is 77.5 Å². The third kappa shape index (κ3) is 5.60. The van der Waals surface area contributed by atoms with E-state index in [-0.39, 0.29) is 0 Å². The highest BCUT2D eigenvalue weighted by atomic mass is 14.7. The summed E-state index contributed by atoms with van der Waals surface area (Å²) < 4.78 is 0. The maximum Gasteiger partial charge on any atom is 0.0729 e. The minimum absolute atomic E-state index is 0.427. The second-order valence-electron chi connectivity index (χ2n) is 6.31. The van der Waals surface area contributed by atoms with Crippen molar-refractivity contribution in [3.8, 4) is 0 Å². The Bertz CT molecular complexity index is 669. The number of hydrogen-bond acceptors (Lipinski definition) is 2. The molecule has 25 heavy (non-hydrogen) atoms. The SMILES string of the molecule is CC.CC(C)c1cccc(C(C)C)c1C(/C=C\N)=Nc1ccccc1. The van der Waals surface area contributed by atoms with E-state index in [1.165, 1.54) is 16.7 Å². The van der Waals surface area contributed by atoms with Crippen molar-refractivity contribution in [2.45, 2.75) is 53.4 Å². The molecular weight excluding hydrogens is 304 g/mol. The predicted molar refractivity (Wildman–Crippen MR) is 112 cm³/mol. The van der Waals surface area contributed by atoms with E-state index >= 15 is 0 Å². The average Bonchev–Trinajstić information content (AvgIpc) is 2.63. The van der Waals surface area contributed by atoms with Gasteiger partial charge in [0.15, 0.2) is 0 Å². The minimum atomic E-state index is 0.427. The lowest BCUT2D eigenvalue weighted by atomic mass is 9.86. The summed E-state index contributed by atoms with van der Waals surface area (Å²) in [6.07, 6.45) is 3.48. The molecule has 0 bridgehead atoms. The number of benzene rings is 2. The zero-order chi connectivity index (χ0) is 18.8. The smallest absolute Gasteiger partial charge is 0.0729 e. The second-order valence-corrected chi connectivity index (χ2v) is 6.31. The third-order valence-corrected chi connectivity index (χ3v) is 3.89. The van der Waals surface area contributed by atoms with E-state index in [1.807, 2.05) is 50.3 Å². The highest BCUT2D eigenvalue weighted by molar-refractivity contribution is 6.12. The predicted octanol–water partition coefficient (Wildman–Crippen LogP) is 6.55. The first-order valence-electron chi connectivity index (χ1n) is 9.19. The fourth-order valence-corrected chi connectivity index (χ4v) is 2.76. The van der Waals surface area contributed by atoms with Gasteiger partial charge in [0.2, 0.25) is 0 Å². The second kappa shape index (κ2) is 10.5. The van der Waals surface area contributed by atoms with Crippen LogP contribution in [0.4, 0.5) is 5.69 Å². The van der Waals surface area contributed by atoms with E-state index < -0.39 is 0 Å². The van der Waals surface area contributed by atoms with E-state index in [0.717, 1.165) is 11.4 Å². The van der Waals surface area contributed by atoms with E-state index in [1.54, 1.807) is 6.20 Å². The van der Waals surface area contributed by atoms with Gasteiger partial charge in [0, 0.05) is 5.56 Å². The molecule has 0 aliphatic carbocycles. The molecule has 0 saturated carbocycles. The number of rotatable bonds is 5. The van der Waals surface area contributed by atoms with Gasteiger partial charge in [-0.2, -0.15) is 0 Å². The summed E-state index contributed by atoms with van der Waals surface area (Å²) >= 11 is 0. The van der Waals surface area contributed by atoms with Crippen LogP contribution in [0.1, 0.15) is 70.1 Å². The number of para-hydroxylation sites is 1. The van der Waals surface area contributed by atoms with Crippen LogP contribution in [-0.2, 0) is 0 Å². The molecule has 0 unspecified atom stereocenters. The molecule has 0 fully saturated rings. The zero-order valence-electron chi connectivity index (χ0n) is 16.5. The molecule has 0 aromatic heterocycles. The summed E-state index contributed by atoms with van der Waals surface area (Å²) in [5.74, 6) is 0.853. The molecule has 0 atom stereocenters. The molecular formula is C23H32N2. The molecule has 0 amide bonds. The van der Waals surface area contributed by atoms with Gasteiger partial charge in [0.05, 0.1) is 11.4 Å². The first-order valence-corrected chi connectivity index (χ1v) is 9.19. The van der Waals surface area contributed by atoms with Crippen molar-refractivity contribution in [2.24, 2.45) is 10.7 Å². The van der Waals surface area contributed by atoms with Crippen LogP contribution in [0.3, 0.4) is 0 Å². The van der Waals surface area contributed by atoms with Gasteiger partial charge < -0.3 is 5.73 Å². The first-order chi connectivity index (χ1) is 12.0. The monoisotopic (exact) mass is 336 g/mol. The Labute approximate surface area is 153 Å². The fraction of sp³-hybridized carbons (Fsp3) is 0.348. The molecule has 0 aliphatic rings. The normalized spacial score (nSPS) is 11.8. The van der Waals surface area contributed by atoms with Gasteiger partial charge in [0.25, 0.3) is 0 Å². The van der Waals surface area contributed by atoms with Crippen molar-refractivity contribution < 1.29 is 0 Å². The Kier molecular flexibility index (Phi) is 8.69. The number of nitrogens with zero attached hydrogens (tertiary/aromatic N) is 1. The lowest BCUT2D eigenvalue weighted by molar-refractivity contribution is 0.829. The lowest BCUT2D eigenvalue weighted by Crippen LogP contribution is -2.10. The summed E-state index contributed by atoms with van der Waals surface area (Å²) in [6, 6.07) is 16.5. The molecule has 2 aromatic carbocycles. The van der Waals surface area contributed by atoms with Crippen LogP contribution in [0, 0.1) is 0 Å². The van der Waals surface area contributed by atoms with Crippen LogP contribution >= 0.6 is 0 Å². The van der Waals surface area contributed by atoms with Crippen LogP contribution in [0.5, 0.6) is 0 Å². The van der Waals surface area contributed by atoms with Crippen molar-refractivity contribution in [3.63, 3.8) is 0 Å². The number of aliphatic imine (C=N–C) groups is 1. The average molecular weight is 337 g/mol. The van der Waals surface area contributed by atoms with E-state index in [9.17, 15) is 0 Å². The fourth-order valence-electron chi connectivity index (χ4n) is 2.76. The van der Waals surface area contributed by atoms with Gasteiger partial charge in [-0.05, 0) is 47.4 Å². The summed E-state index contributed by atoms with van der Waals surface area (Å²) in [6.45, 7) is 12.9. The first kappa shape index (κ1) is 20.7. The maximum absolute atomic E-state index is 5.71. The number of hydrogen-bond donors (Lipinski definition) is 1. The Balaban J connectivity index is 0.00000151. The molecule has 0 spiro atoms. The number of allylic oxidation sites excluding steroid dienone is 1. The van der Waals surface area contributed by atoms with Crippen molar-refractivity contribution in [2.75, 3.05) is 0 Å². The Morgan fingerprint density at radius 3 is 1.80 bits per heavy atom. The largest absolute Gasteiger partial charge is 0.405 e. The highest BCUT2D eigenvalue weighted by Crippen LogP contribution is 2.29. The molecule has 0 saturated heterocycles. The van der Waals surface area contributed by atoms with Gasteiger partial charge in [-0.15, -0.1) is 0 Å². The summed E-state index contributed by atoms with van der Waals surface area (Å²) in [7, 11) is 0. The third-order valence-electron chi connectivity index (χ3n) is 3.89. The molecule has 2 heteroatoms. The van der Waals surface area contributed by atoms with E-state index in [4.69, 9.17) is 10.7 Å². The van der Waals surface area contributed by atoms with Crippen molar-refractivity contribution in [1.82, 2.24) is 0 Å². The maximum atomic E-state index is 5.71. The summed E-state index contributed by atoms with van der Waals surface area (Å²) in [5, 5.41) is 0. The van der Waals surface area contributed by atoms with E-state index in [0.29, 0.717) is 11.8 Å². The molecule has 0 radical (unpaired) electrons. The Hall–Kier alpha value is -2.35. The van der Waals surface area contributed by atoms with Crippen LogP contribution < -0.4 is 5.73 Å². The zero-order valence-corrected chi connectivity index (χ0v) is 16.5. The van der Waals surface area contributed by atoms with Crippen LogP contribution in [-0.4, -0.2) is 5.71 Å². The van der Waals surface area contributed by atoms with Gasteiger partial charge in [0.1, 0.15) is 0 Å². The van der Waals surface area contributed by atoms with E-state index in [2.05, 4.69) is 45.9 Å². The van der Waals surface area contributed by atoms with Crippen molar-refractivity contribution >= 4 is 11.4 Å². The van der Waals surface area contributed by atoms with Crippen LogP contribution in [0.15, 0.2) is 65.8 Å². The molecule has 2 N–H and O–H groups in total. The van der Waals surface area contributed by atoms with Gasteiger partial charge >= 0.3 is 0 Å². The summed E-state index contributed by atoms with van der Waals surface area (Å²) in [4.78, 5) is 4.85. The topological polar surface area (TPSA) is 38.4 Å². The molecule has 134 valence electrons. The minimum Gasteiger partial charge on any atom is -0.405 e. The summed E-state index contributed by atoms with van der Waals surface area (Å²) in [5.41, 5.74) is 11.4. The molecule has 0 heterocycles.